The number of hydrogen-bond donors (Lipinski definition) is 0. The van der Waals surface area contributed by atoms with Crippen molar-refractivity contribution in [2.45, 2.75) is 48.0 Å². The van der Waals surface area contributed by atoms with Crippen LogP contribution in [0.5, 0.6) is 0 Å². The van der Waals surface area contributed by atoms with E-state index in [2.05, 4.69) is 27.7 Å². The molecule has 0 aromatic heterocycles. The standard InChI is InChI=1S/C10H20.CH4/c1-7(2)9-5-10(6-9)8(3)4;/h7-10H,5-6H2,1-4H3;1H4. The fraction of sp³-hybridized carbons (Fsp3) is 1.00. The van der Waals surface area contributed by atoms with Gasteiger partial charge in [-0.25, -0.2) is 0 Å². The molecule has 1 rings (SSSR count). The maximum absolute atomic E-state index is 2.35. The van der Waals surface area contributed by atoms with E-state index < -0.39 is 0 Å². The summed E-state index contributed by atoms with van der Waals surface area (Å²) in [4.78, 5) is 0. The van der Waals surface area contributed by atoms with Crippen LogP contribution in [0, 0.1) is 23.7 Å². The molecule has 0 nitrogen and oxygen atoms in total. The van der Waals surface area contributed by atoms with Crippen LogP contribution in [0.3, 0.4) is 0 Å². The van der Waals surface area contributed by atoms with Crippen molar-refractivity contribution < 1.29 is 0 Å². The lowest BCUT2D eigenvalue weighted by molar-refractivity contribution is 0.102. The van der Waals surface area contributed by atoms with E-state index in [4.69, 9.17) is 0 Å². The molecule has 0 N–H and O–H groups in total. The molecule has 0 heterocycles. The Morgan fingerprint density at radius 3 is 1.27 bits per heavy atom. The highest BCUT2D eigenvalue weighted by Gasteiger charge is 2.32. The van der Waals surface area contributed by atoms with Gasteiger partial charge in [0.2, 0.25) is 0 Å². The molecule has 1 aliphatic rings. The molecule has 0 heteroatoms. The summed E-state index contributed by atoms with van der Waals surface area (Å²) in [6.07, 6.45) is 2.99. The van der Waals surface area contributed by atoms with Gasteiger partial charge in [0.1, 0.15) is 0 Å². The van der Waals surface area contributed by atoms with E-state index in [1.807, 2.05) is 0 Å². The van der Waals surface area contributed by atoms with E-state index in [0.717, 1.165) is 23.7 Å². The minimum absolute atomic E-state index is 0. The zero-order chi connectivity index (χ0) is 7.72. The molecule has 1 saturated carbocycles. The van der Waals surface area contributed by atoms with Crippen molar-refractivity contribution in [1.29, 1.82) is 0 Å². The predicted molar refractivity (Wildman–Crippen MR) is 52.6 cm³/mol. The van der Waals surface area contributed by atoms with Gasteiger partial charge in [-0.1, -0.05) is 35.1 Å². The Labute approximate surface area is 72.4 Å². The lowest BCUT2D eigenvalue weighted by Gasteiger charge is -2.40. The van der Waals surface area contributed by atoms with Crippen molar-refractivity contribution in [3.63, 3.8) is 0 Å². The maximum atomic E-state index is 2.35. The van der Waals surface area contributed by atoms with E-state index >= 15 is 0 Å². The fourth-order valence-corrected chi connectivity index (χ4v) is 1.80. The number of hydrogen-bond acceptors (Lipinski definition) is 0. The lowest BCUT2D eigenvalue weighted by atomic mass is 9.65. The molecule has 11 heavy (non-hydrogen) atoms. The van der Waals surface area contributed by atoms with E-state index in [0.29, 0.717) is 0 Å². The first-order chi connectivity index (χ1) is 4.61. The first kappa shape index (κ1) is 11.0. The minimum Gasteiger partial charge on any atom is -0.0776 e. The smallest absolute Gasteiger partial charge is 0.0386 e. The van der Waals surface area contributed by atoms with E-state index in [-0.39, 0.29) is 7.43 Å². The highest BCUT2D eigenvalue weighted by Crippen LogP contribution is 2.42. The van der Waals surface area contributed by atoms with Crippen LogP contribution in [-0.4, -0.2) is 0 Å². The number of rotatable bonds is 2. The van der Waals surface area contributed by atoms with Crippen LogP contribution >= 0.6 is 0 Å². The Hall–Kier alpha value is 0. The minimum atomic E-state index is 0. The van der Waals surface area contributed by atoms with Gasteiger partial charge in [0.15, 0.2) is 0 Å². The van der Waals surface area contributed by atoms with Gasteiger partial charge >= 0.3 is 0 Å². The molecule has 0 aromatic carbocycles. The molecule has 68 valence electrons. The summed E-state index contributed by atoms with van der Waals surface area (Å²) in [6, 6.07) is 0. The third-order valence-corrected chi connectivity index (χ3v) is 3.10. The highest BCUT2D eigenvalue weighted by molar-refractivity contribution is 4.82. The van der Waals surface area contributed by atoms with Crippen molar-refractivity contribution >= 4 is 0 Å². The van der Waals surface area contributed by atoms with E-state index in [1.54, 1.807) is 0 Å². The molecule has 0 aliphatic heterocycles. The van der Waals surface area contributed by atoms with Crippen LogP contribution in [0.25, 0.3) is 0 Å². The molecular formula is C11H24. The predicted octanol–water partition coefficient (Wildman–Crippen LogP) is 3.96. The monoisotopic (exact) mass is 156 g/mol. The Kier molecular flexibility index (Phi) is 4.13. The first-order valence-electron chi connectivity index (χ1n) is 4.61. The van der Waals surface area contributed by atoms with Crippen LogP contribution < -0.4 is 0 Å². The summed E-state index contributed by atoms with van der Waals surface area (Å²) < 4.78 is 0. The highest BCUT2D eigenvalue weighted by atomic mass is 14.4. The Morgan fingerprint density at radius 2 is 1.09 bits per heavy atom. The molecule has 0 spiro atoms. The summed E-state index contributed by atoms with van der Waals surface area (Å²) in [6.45, 7) is 9.39. The third kappa shape index (κ3) is 2.50. The van der Waals surface area contributed by atoms with Gasteiger partial charge < -0.3 is 0 Å². The third-order valence-electron chi connectivity index (χ3n) is 3.10. The van der Waals surface area contributed by atoms with E-state index in [9.17, 15) is 0 Å². The molecule has 0 radical (unpaired) electrons. The molecule has 0 amide bonds. The van der Waals surface area contributed by atoms with E-state index in [1.165, 1.54) is 12.8 Å². The molecule has 0 bridgehead atoms. The quantitative estimate of drug-likeness (QED) is 0.567. The Balaban J connectivity index is 0.000001000. The summed E-state index contributed by atoms with van der Waals surface area (Å²) in [5, 5.41) is 0. The van der Waals surface area contributed by atoms with Crippen molar-refractivity contribution in [3.05, 3.63) is 0 Å². The summed E-state index contributed by atoms with van der Waals surface area (Å²) in [5.74, 6) is 3.95. The average molecular weight is 156 g/mol. The second-order valence-corrected chi connectivity index (χ2v) is 4.48. The van der Waals surface area contributed by atoms with Crippen LogP contribution in [-0.2, 0) is 0 Å². The van der Waals surface area contributed by atoms with Crippen molar-refractivity contribution in [3.8, 4) is 0 Å². The summed E-state index contributed by atoms with van der Waals surface area (Å²) in [5.41, 5.74) is 0. The second-order valence-electron chi connectivity index (χ2n) is 4.48. The van der Waals surface area contributed by atoms with Crippen LogP contribution in [0.1, 0.15) is 48.0 Å². The van der Waals surface area contributed by atoms with Gasteiger partial charge in [-0.3, -0.25) is 0 Å². The average Bonchev–Trinajstić information content (AvgIpc) is 1.56. The largest absolute Gasteiger partial charge is 0.0776 e. The van der Waals surface area contributed by atoms with Crippen LogP contribution in [0.15, 0.2) is 0 Å². The van der Waals surface area contributed by atoms with Gasteiger partial charge in [-0.2, -0.15) is 0 Å². The lowest BCUT2D eigenvalue weighted by Crippen LogP contribution is -2.30. The van der Waals surface area contributed by atoms with Gasteiger partial charge in [-0.15, -0.1) is 0 Å². The fourth-order valence-electron chi connectivity index (χ4n) is 1.80. The summed E-state index contributed by atoms with van der Waals surface area (Å²) in [7, 11) is 0. The van der Waals surface area contributed by atoms with Crippen LogP contribution in [0.2, 0.25) is 0 Å². The Morgan fingerprint density at radius 1 is 0.818 bits per heavy atom. The first-order valence-corrected chi connectivity index (χ1v) is 4.61. The van der Waals surface area contributed by atoms with Crippen molar-refractivity contribution in [1.82, 2.24) is 0 Å². The van der Waals surface area contributed by atoms with Crippen molar-refractivity contribution in [2.75, 3.05) is 0 Å². The van der Waals surface area contributed by atoms with Gasteiger partial charge in [0, 0.05) is 0 Å². The SMILES string of the molecule is C.CC(C)C1CC(C(C)C)C1. The van der Waals surface area contributed by atoms with Crippen LogP contribution in [0.4, 0.5) is 0 Å². The Bertz CT molecular complexity index is 84.6. The topological polar surface area (TPSA) is 0 Å². The van der Waals surface area contributed by atoms with Gasteiger partial charge in [0.05, 0.1) is 0 Å². The zero-order valence-electron chi connectivity index (χ0n) is 7.72. The molecule has 0 unspecified atom stereocenters. The van der Waals surface area contributed by atoms with Gasteiger partial charge in [-0.05, 0) is 36.5 Å². The normalized spacial score (nSPS) is 30.0. The molecular weight excluding hydrogens is 132 g/mol. The molecule has 1 aliphatic carbocycles. The second kappa shape index (κ2) is 4.13. The van der Waals surface area contributed by atoms with Gasteiger partial charge in [0.25, 0.3) is 0 Å². The molecule has 0 atom stereocenters. The maximum Gasteiger partial charge on any atom is -0.0386 e. The molecule has 0 saturated heterocycles. The van der Waals surface area contributed by atoms with Crippen molar-refractivity contribution in [2.24, 2.45) is 23.7 Å². The molecule has 1 fully saturated rings. The molecule has 0 aromatic rings. The summed E-state index contributed by atoms with van der Waals surface area (Å²) >= 11 is 0. The zero-order valence-corrected chi connectivity index (χ0v) is 7.72.